The molecule has 0 spiro atoms. The minimum atomic E-state index is -0.892. The van der Waals surface area contributed by atoms with E-state index >= 15 is 0 Å². The molecule has 2 rings (SSSR count). The van der Waals surface area contributed by atoms with Crippen LogP contribution in [0.25, 0.3) is 0 Å². The largest absolute Gasteiger partial charge is 0.480 e. The average Bonchev–Trinajstić information content (AvgIpc) is 2.67. The smallest absolute Gasteiger partial charge is 0.329 e. The summed E-state index contributed by atoms with van der Waals surface area (Å²) in [6.45, 7) is 6.74. The van der Waals surface area contributed by atoms with E-state index in [2.05, 4.69) is 16.8 Å². The molecule has 1 N–H and O–H groups in total. The number of rotatable bonds is 5. The molecule has 0 aliphatic carbocycles. The number of thiazole rings is 1. The number of carboxylic acids is 1. The standard InChI is InChI=1S/C13H20N2O3S/c1-9-10(2)19-12(14-9)7-15-5-3-11(4-6-15)18-8-13(16)17/h11H,3-8H2,1-2H3,(H,16,17). The van der Waals surface area contributed by atoms with Crippen LogP contribution in [0.15, 0.2) is 0 Å². The number of piperidine rings is 1. The molecule has 1 saturated heterocycles. The second-order valence-corrected chi connectivity index (χ2v) is 6.22. The van der Waals surface area contributed by atoms with Crippen molar-refractivity contribution in [2.24, 2.45) is 0 Å². The van der Waals surface area contributed by atoms with Gasteiger partial charge in [0, 0.05) is 18.0 Å². The Hall–Kier alpha value is -0.980. The van der Waals surface area contributed by atoms with Gasteiger partial charge >= 0.3 is 5.97 Å². The molecule has 0 amide bonds. The van der Waals surface area contributed by atoms with Gasteiger partial charge in [0.15, 0.2) is 0 Å². The first kappa shape index (κ1) is 14.4. The summed E-state index contributed by atoms with van der Waals surface area (Å²) in [5, 5.41) is 9.74. The summed E-state index contributed by atoms with van der Waals surface area (Å²) in [6, 6.07) is 0. The van der Waals surface area contributed by atoms with Crippen LogP contribution >= 0.6 is 11.3 Å². The fraction of sp³-hybridized carbons (Fsp3) is 0.692. The van der Waals surface area contributed by atoms with Crippen molar-refractivity contribution in [2.45, 2.75) is 39.3 Å². The first-order valence-electron chi connectivity index (χ1n) is 6.53. The van der Waals surface area contributed by atoms with Crippen molar-refractivity contribution in [3.8, 4) is 0 Å². The van der Waals surface area contributed by atoms with E-state index in [4.69, 9.17) is 9.84 Å². The van der Waals surface area contributed by atoms with Gasteiger partial charge in [-0.25, -0.2) is 9.78 Å². The monoisotopic (exact) mass is 284 g/mol. The van der Waals surface area contributed by atoms with Crippen LogP contribution in [0, 0.1) is 13.8 Å². The molecule has 1 aliphatic rings. The Labute approximate surface area is 117 Å². The van der Waals surface area contributed by atoms with Crippen molar-refractivity contribution in [1.29, 1.82) is 0 Å². The summed E-state index contributed by atoms with van der Waals surface area (Å²) in [5.74, 6) is -0.892. The number of aromatic nitrogens is 1. The summed E-state index contributed by atoms with van der Waals surface area (Å²) >= 11 is 1.76. The Morgan fingerprint density at radius 1 is 1.47 bits per heavy atom. The van der Waals surface area contributed by atoms with Crippen LogP contribution < -0.4 is 0 Å². The molecule has 2 heterocycles. The molecular weight excluding hydrogens is 264 g/mol. The fourth-order valence-corrected chi connectivity index (χ4v) is 3.20. The number of carboxylic acid groups (broad SMARTS) is 1. The van der Waals surface area contributed by atoms with E-state index in [0.29, 0.717) is 0 Å². The van der Waals surface area contributed by atoms with Gasteiger partial charge in [0.2, 0.25) is 0 Å². The lowest BCUT2D eigenvalue weighted by atomic mass is 10.1. The van der Waals surface area contributed by atoms with Crippen molar-refractivity contribution in [3.05, 3.63) is 15.6 Å². The van der Waals surface area contributed by atoms with Crippen LogP contribution in [0.2, 0.25) is 0 Å². The Morgan fingerprint density at radius 2 is 2.16 bits per heavy atom. The summed E-state index contributed by atoms with van der Waals surface area (Å²) in [4.78, 5) is 18.6. The Bertz CT molecular complexity index is 420. The second kappa shape index (κ2) is 6.45. The van der Waals surface area contributed by atoms with Crippen LogP contribution in [0.4, 0.5) is 0 Å². The van der Waals surface area contributed by atoms with Gasteiger partial charge in [-0.2, -0.15) is 0 Å². The van der Waals surface area contributed by atoms with E-state index < -0.39 is 5.97 Å². The molecule has 0 unspecified atom stereocenters. The molecule has 5 nitrogen and oxygen atoms in total. The fourth-order valence-electron chi connectivity index (χ4n) is 2.22. The number of hydrogen-bond acceptors (Lipinski definition) is 5. The average molecular weight is 284 g/mol. The molecule has 0 radical (unpaired) electrons. The summed E-state index contributed by atoms with van der Waals surface area (Å²) in [5.41, 5.74) is 1.12. The normalized spacial score (nSPS) is 17.8. The molecule has 106 valence electrons. The zero-order valence-corrected chi connectivity index (χ0v) is 12.2. The first-order chi connectivity index (χ1) is 9.04. The van der Waals surface area contributed by atoms with Gasteiger partial charge in [0.05, 0.1) is 18.3 Å². The van der Waals surface area contributed by atoms with Crippen LogP contribution in [-0.4, -0.2) is 46.8 Å². The molecule has 1 aromatic rings. The highest BCUT2D eigenvalue weighted by Crippen LogP contribution is 2.21. The zero-order chi connectivity index (χ0) is 13.8. The van der Waals surface area contributed by atoms with Gasteiger partial charge in [-0.15, -0.1) is 11.3 Å². The summed E-state index contributed by atoms with van der Waals surface area (Å²) < 4.78 is 5.33. The number of hydrogen-bond donors (Lipinski definition) is 1. The lowest BCUT2D eigenvalue weighted by molar-refractivity contribution is -0.145. The molecule has 0 atom stereocenters. The van der Waals surface area contributed by atoms with Crippen LogP contribution in [0.1, 0.15) is 28.4 Å². The number of ether oxygens (including phenoxy) is 1. The van der Waals surface area contributed by atoms with Gasteiger partial charge in [-0.1, -0.05) is 0 Å². The zero-order valence-electron chi connectivity index (χ0n) is 11.4. The second-order valence-electron chi connectivity index (χ2n) is 4.93. The molecule has 19 heavy (non-hydrogen) atoms. The van der Waals surface area contributed by atoms with Crippen LogP contribution in [0.5, 0.6) is 0 Å². The molecule has 0 aromatic carbocycles. The Kier molecular flexibility index (Phi) is 4.90. The third kappa shape index (κ3) is 4.26. The highest BCUT2D eigenvalue weighted by molar-refractivity contribution is 7.11. The van der Waals surface area contributed by atoms with Gasteiger partial charge < -0.3 is 9.84 Å². The van der Waals surface area contributed by atoms with Gasteiger partial charge in [-0.05, 0) is 26.7 Å². The SMILES string of the molecule is Cc1nc(CN2CCC(OCC(=O)O)CC2)sc1C. The van der Waals surface area contributed by atoms with Gasteiger partial charge in [0.1, 0.15) is 11.6 Å². The van der Waals surface area contributed by atoms with Crippen molar-refractivity contribution >= 4 is 17.3 Å². The van der Waals surface area contributed by atoms with E-state index in [1.165, 1.54) is 9.88 Å². The molecule has 1 aliphatic heterocycles. The number of likely N-dealkylation sites (tertiary alicyclic amines) is 1. The lowest BCUT2D eigenvalue weighted by Crippen LogP contribution is -2.37. The lowest BCUT2D eigenvalue weighted by Gasteiger charge is -2.30. The topological polar surface area (TPSA) is 62.7 Å². The molecule has 1 aromatic heterocycles. The molecule has 0 bridgehead atoms. The quantitative estimate of drug-likeness (QED) is 0.893. The van der Waals surface area contributed by atoms with E-state index in [9.17, 15) is 4.79 Å². The van der Waals surface area contributed by atoms with Crippen molar-refractivity contribution in [1.82, 2.24) is 9.88 Å². The predicted octanol–water partition coefficient (Wildman–Crippen LogP) is 1.83. The maximum atomic E-state index is 10.4. The van der Waals surface area contributed by atoms with Crippen molar-refractivity contribution in [3.63, 3.8) is 0 Å². The maximum Gasteiger partial charge on any atom is 0.329 e. The predicted molar refractivity (Wildman–Crippen MR) is 73.5 cm³/mol. The van der Waals surface area contributed by atoms with Crippen molar-refractivity contribution < 1.29 is 14.6 Å². The number of nitrogens with zero attached hydrogens (tertiary/aromatic N) is 2. The van der Waals surface area contributed by atoms with E-state index in [1.54, 1.807) is 11.3 Å². The highest BCUT2D eigenvalue weighted by atomic mass is 32.1. The first-order valence-corrected chi connectivity index (χ1v) is 7.35. The summed E-state index contributed by atoms with van der Waals surface area (Å²) in [6.07, 6.45) is 1.89. The van der Waals surface area contributed by atoms with E-state index in [0.717, 1.165) is 38.2 Å². The number of aryl methyl sites for hydroxylation is 2. The van der Waals surface area contributed by atoms with E-state index in [1.807, 2.05) is 6.92 Å². The Balaban J connectivity index is 1.75. The van der Waals surface area contributed by atoms with Crippen LogP contribution in [0.3, 0.4) is 0 Å². The minimum Gasteiger partial charge on any atom is -0.480 e. The van der Waals surface area contributed by atoms with Crippen molar-refractivity contribution in [2.75, 3.05) is 19.7 Å². The maximum absolute atomic E-state index is 10.4. The minimum absolute atomic E-state index is 0.0899. The summed E-state index contributed by atoms with van der Waals surface area (Å²) in [7, 11) is 0. The highest BCUT2D eigenvalue weighted by Gasteiger charge is 2.21. The third-order valence-electron chi connectivity index (χ3n) is 3.41. The number of aliphatic carboxylic acids is 1. The molecule has 6 heteroatoms. The van der Waals surface area contributed by atoms with Gasteiger partial charge in [0.25, 0.3) is 0 Å². The van der Waals surface area contributed by atoms with E-state index in [-0.39, 0.29) is 12.7 Å². The molecular formula is C13H20N2O3S. The van der Waals surface area contributed by atoms with Crippen LogP contribution in [-0.2, 0) is 16.1 Å². The molecule has 0 saturated carbocycles. The van der Waals surface area contributed by atoms with Gasteiger partial charge in [-0.3, -0.25) is 4.90 Å². The third-order valence-corrected chi connectivity index (χ3v) is 4.47. The molecule has 1 fully saturated rings. The Morgan fingerprint density at radius 3 is 2.68 bits per heavy atom. The number of carbonyl (C=O) groups is 1.